The number of nitrogens with zero attached hydrogens (tertiary/aromatic N) is 2. The molecule has 0 spiro atoms. The summed E-state index contributed by atoms with van der Waals surface area (Å²) in [6.07, 6.45) is 1.99. The van der Waals surface area contributed by atoms with E-state index in [1.165, 1.54) is 16.7 Å². The van der Waals surface area contributed by atoms with Gasteiger partial charge < -0.3 is 5.32 Å². The van der Waals surface area contributed by atoms with Crippen LogP contribution in [0.25, 0.3) is 0 Å². The highest BCUT2D eigenvalue weighted by molar-refractivity contribution is 5.36. The van der Waals surface area contributed by atoms with Gasteiger partial charge >= 0.3 is 0 Å². The fraction of sp³-hybridized carbons (Fsp3) is 0.357. The summed E-state index contributed by atoms with van der Waals surface area (Å²) in [6, 6.07) is 8.55. The van der Waals surface area contributed by atoms with Gasteiger partial charge in [-0.15, -0.1) is 0 Å². The van der Waals surface area contributed by atoms with Crippen LogP contribution in [0.2, 0.25) is 0 Å². The number of nitrogens with one attached hydrogen (secondary N) is 1. The second-order valence-electron chi connectivity index (χ2n) is 4.33. The molecule has 3 heteroatoms. The molecule has 1 heterocycles. The Morgan fingerprint density at radius 1 is 1.18 bits per heavy atom. The van der Waals surface area contributed by atoms with Crippen LogP contribution < -0.4 is 5.32 Å². The third-order valence-corrected chi connectivity index (χ3v) is 3.01. The topological polar surface area (TPSA) is 29.9 Å². The molecule has 0 atom stereocenters. The van der Waals surface area contributed by atoms with Crippen LogP contribution in [0, 0.1) is 13.8 Å². The van der Waals surface area contributed by atoms with Crippen molar-refractivity contribution in [3.63, 3.8) is 0 Å². The summed E-state index contributed by atoms with van der Waals surface area (Å²) in [5.74, 6) is 0.935. The number of rotatable bonds is 4. The van der Waals surface area contributed by atoms with E-state index in [4.69, 9.17) is 0 Å². The Kier molecular flexibility index (Phi) is 3.47. The van der Waals surface area contributed by atoms with Gasteiger partial charge in [0.05, 0.1) is 0 Å². The van der Waals surface area contributed by atoms with Crippen LogP contribution in [0.3, 0.4) is 0 Å². The van der Waals surface area contributed by atoms with Crippen LogP contribution in [0.1, 0.15) is 23.6 Å². The van der Waals surface area contributed by atoms with Gasteiger partial charge in [0.1, 0.15) is 5.82 Å². The highest BCUT2D eigenvalue weighted by Crippen LogP contribution is 2.11. The Labute approximate surface area is 102 Å². The molecule has 17 heavy (non-hydrogen) atoms. The first-order valence-corrected chi connectivity index (χ1v) is 6.02. The second kappa shape index (κ2) is 5.04. The maximum absolute atomic E-state index is 4.39. The fourth-order valence-electron chi connectivity index (χ4n) is 1.74. The molecule has 0 bridgehead atoms. The predicted octanol–water partition coefficient (Wildman–Crippen LogP) is 3.13. The number of benzene rings is 1. The molecule has 0 aliphatic rings. The first-order chi connectivity index (χ1) is 8.19. The second-order valence-corrected chi connectivity index (χ2v) is 4.33. The van der Waals surface area contributed by atoms with E-state index in [9.17, 15) is 0 Å². The van der Waals surface area contributed by atoms with Crippen molar-refractivity contribution in [1.29, 1.82) is 0 Å². The van der Waals surface area contributed by atoms with Crippen molar-refractivity contribution in [1.82, 2.24) is 9.78 Å². The van der Waals surface area contributed by atoms with Crippen molar-refractivity contribution in [3.8, 4) is 0 Å². The normalized spacial score (nSPS) is 10.5. The van der Waals surface area contributed by atoms with Crippen LogP contribution >= 0.6 is 0 Å². The molecular weight excluding hydrogens is 210 g/mol. The Hall–Kier alpha value is -1.77. The van der Waals surface area contributed by atoms with Gasteiger partial charge in [0, 0.05) is 25.4 Å². The van der Waals surface area contributed by atoms with Crippen LogP contribution in [0.4, 0.5) is 5.82 Å². The summed E-state index contributed by atoms with van der Waals surface area (Å²) in [5, 5.41) is 7.72. The monoisotopic (exact) mass is 229 g/mol. The van der Waals surface area contributed by atoms with E-state index in [2.05, 4.69) is 49.4 Å². The van der Waals surface area contributed by atoms with E-state index in [0.717, 1.165) is 18.9 Å². The summed E-state index contributed by atoms with van der Waals surface area (Å²) >= 11 is 0. The zero-order valence-electron chi connectivity index (χ0n) is 10.7. The third-order valence-electron chi connectivity index (χ3n) is 3.01. The van der Waals surface area contributed by atoms with Gasteiger partial charge in [-0.3, -0.25) is 4.68 Å². The lowest BCUT2D eigenvalue weighted by Crippen LogP contribution is -2.02. The largest absolute Gasteiger partial charge is 0.365 e. The van der Waals surface area contributed by atoms with Crippen molar-refractivity contribution in [2.24, 2.45) is 0 Å². The molecule has 0 aliphatic heterocycles. The van der Waals surface area contributed by atoms with Gasteiger partial charge in [0.2, 0.25) is 0 Å². The van der Waals surface area contributed by atoms with Crippen molar-refractivity contribution in [3.05, 3.63) is 47.2 Å². The number of aromatic nitrogens is 2. The lowest BCUT2D eigenvalue weighted by molar-refractivity contribution is 0.661. The van der Waals surface area contributed by atoms with E-state index in [0.29, 0.717) is 0 Å². The van der Waals surface area contributed by atoms with Crippen molar-refractivity contribution in [2.45, 2.75) is 33.9 Å². The zero-order valence-corrected chi connectivity index (χ0v) is 10.7. The number of hydrogen-bond acceptors (Lipinski definition) is 2. The van der Waals surface area contributed by atoms with Gasteiger partial charge in [-0.05, 0) is 37.5 Å². The van der Waals surface area contributed by atoms with Crippen LogP contribution in [0.15, 0.2) is 30.5 Å². The first kappa shape index (κ1) is 11.7. The summed E-state index contributed by atoms with van der Waals surface area (Å²) in [7, 11) is 0. The van der Waals surface area contributed by atoms with E-state index in [-0.39, 0.29) is 0 Å². The van der Waals surface area contributed by atoms with Gasteiger partial charge in [0.25, 0.3) is 0 Å². The molecule has 1 aromatic heterocycles. The number of hydrogen-bond donors (Lipinski definition) is 1. The third kappa shape index (κ3) is 2.87. The van der Waals surface area contributed by atoms with Gasteiger partial charge in [-0.25, -0.2) is 0 Å². The van der Waals surface area contributed by atoms with Gasteiger partial charge in [0.15, 0.2) is 0 Å². The summed E-state index contributed by atoms with van der Waals surface area (Å²) < 4.78 is 1.92. The number of anilines is 1. The van der Waals surface area contributed by atoms with Crippen LogP contribution in [0.5, 0.6) is 0 Å². The molecule has 2 aromatic rings. The quantitative estimate of drug-likeness (QED) is 0.873. The molecule has 0 saturated heterocycles. The summed E-state index contributed by atoms with van der Waals surface area (Å²) in [4.78, 5) is 0. The Balaban J connectivity index is 1.99. The van der Waals surface area contributed by atoms with Crippen molar-refractivity contribution < 1.29 is 0 Å². The highest BCUT2D eigenvalue weighted by Gasteiger charge is 1.99. The number of aryl methyl sites for hydroxylation is 3. The maximum Gasteiger partial charge on any atom is 0.148 e. The average Bonchev–Trinajstić information content (AvgIpc) is 2.79. The molecule has 0 amide bonds. The molecule has 0 fully saturated rings. The summed E-state index contributed by atoms with van der Waals surface area (Å²) in [5.41, 5.74) is 3.96. The molecule has 1 N–H and O–H groups in total. The van der Waals surface area contributed by atoms with E-state index < -0.39 is 0 Å². The minimum Gasteiger partial charge on any atom is -0.365 e. The van der Waals surface area contributed by atoms with Gasteiger partial charge in [-0.1, -0.05) is 18.2 Å². The maximum atomic E-state index is 4.39. The van der Waals surface area contributed by atoms with Gasteiger partial charge in [-0.2, -0.15) is 5.10 Å². The van der Waals surface area contributed by atoms with Crippen LogP contribution in [-0.2, 0) is 13.1 Å². The highest BCUT2D eigenvalue weighted by atomic mass is 15.3. The van der Waals surface area contributed by atoms with Crippen molar-refractivity contribution in [2.75, 3.05) is 5.32 Å². The predicted molar refractivity (Wildman–Crippen MR) is 71.1 cm³/mol. The summed E-state index contributed by atoms with van der Waals surface area (Å²) in [6.45, 7) is 8.09. The molecule has 2 rings (SSSR count). The molecule has 3 nitrogen and oxygen atoms in total. The SMILES string of the molecule is CCn1ccc(NCc2ccc(C)c(C)c2)n1. The Morgan fingerprint density at radius 3 is 2.65 bits per heavy atom. The standard InChI is InChI=1S/C14H19N3/c1-4-17-8-7-14(16-17)15-10-13-6-5-11(2)12(3)9-13/h5-9H,4,10H2,1-3H3,(H,15,16). The average molecular weight is 229 g/mol. The van der Waals surface area contributed by atoms with E-state index in [1.807, 2.05) is 16.9 Å². The lowest BCUT2D eigenvalue weighted by Gasteiger charge is -2.06. The first-order valence-electron chi connectivity index (χ1n) is 6.02. The van der Waals surface area contributed by atoms with Crippen LogP contribution in [-0.4, -0.2) is 9.78 Å². The van der Waals surface area contributed by atoms with E-state index >= 15 is 0 Å². The smallest absolute Gasteiger partial charge is 0.148 e. The molecule has 0 aliphatic carbocycles. The van der Waals surface area contributed by atoms with Crippen molar-refractivity contribution >= 4 is 5.82 Å². The lowest BCUT2D eigenvalue weighted by atomic mass is 10.1. The molecule has 0 unspecified atom stereocenters. The molecule has 1 aromatic carbocycles. The Morgan fingerprint density at radius 2 is 2.00 bits per heavy atom. The van der Waals surface area contributed by atoms with E-state index in [1.54, 1.807) is 0 Å². The molecule has 0 radical (unpaired) electrons. The molecular formula is C14H19N3. The zero-order chi connectivity index (χ0) is 12.3. The fourth-order valence-corrected chi connectivity index (χ4v) is 1.74. The minimum atomic E-state index is 0.821. The minimum absolute atomic E-state index is 0.821. The molecule has 90 valence electrons. The molecule has 0 saturated carbocycles. The Bertz CT molecular complexity index is 500.